The topological polar surface area (TPSA) is 117 Å². The maximum Gasteiger partial charge on any atom is 0.340 e. The van der Waals surface area contributed by atoms with Gasteiger partial charge in [0, 0.05) is 22.6 Å². The minimum Gasteiger partial charge on any atom is -0.467 e. The molecule has 3 rings (SSSR count). The fraction of sp³-hybridized carbons (Fsp3) is 0.227. The van der Waals surface area contributed by atoms with Gasteiger partial charge in [0.2, 0.25) is 5.91 Å². The van der Waals surface area contributed by atoms with E-state index < -0.39 is 23.9 Å². The van der Waals surface area contributed by atoms with Crippen LogP contribution in [-0.4, -0.2) is 28.5 Å². The Balaban J connectivity index is 1.65. The highest BCUT2D eigenvalue weighted by atomic mass is 16.5. The molecule has 0 radical (unpaired) electrons. The molecule has 8 heteroatoms. The lowest BCUT2D eigenvalue weighted by Gasteiger charge is -2.14. The average Bonchev–Trinajstić information content (AvgIpc) is 3.32. The summed E-state index contributed by atoms with van der Waals surface area (Å²) in [6.07, 6.45) is 0.585. The third-order valence-corrected chi connectivity index (χ3v) is 4.78. The van der Waals surface area contributed by atoms with Crippen LogP contribution in [-0.2, 0) is 16.1 Å². The van der Waals surface area contributed by atoms with Crippen molar-refractivity contribution in [1.29, 1.82) is 0 Å². The lowest BCUT2D eigenvalue weighted by molar-refractivity contribution is -0.123. The first kappa shape index (κ1) is 20.9. The predicted molar refractivity (Wildman–Crippen MR) is 110 cm³/mol. The van der Waals surface area contributed by atoms with Crippen LogP contribution in [0.2, 0.25) is 0 Å². The number of carbonyl (C=O) groups is 3. The molecule has 3 aromatic rings. The number of ether oxygens (including phenoxy) is 1. The number of aromatic nitrogens is 1. The SMILES string of the molecule is Cc1cc(C(=O)O[C@@H](C)C(=O)Nc2ccc(C(N)=O)cc2)c(C)n1Cc1ccco1. The summed E-state index contributed by atoms with van der Waals surface area (Å²) in [4.78, 5) is 36.1. The van der Waals surface area contributed by atoms with Gasteiger partial charge >= 0.3 is 5.97 Å². The maximum atomic E-state index is 12.6. The zero-order valence-corrected chi connectivity index (χ0v) is 17.0. The Morgan fingerprint density at radius 1 is 1.17 bits per heavy atom. The van der Waals surface area contributed by atoms with Gasteiger partial charge in [-0.3, -0.25) is 9.59 Å². The number of esters is 1. The molecule has 2 aromatic heterocycles. The molecule has 0 aliphatic heterocycles. The molecule has 1 aromatic carbocycles. The summed E-state index contributed by atoms with van der Waals surface area (Å²) in [7, 11) is 0. The van der Waals surface area contributed by atoms with Crippen LogP contribution < -0.4 is 11.1 Å². The maximum absolute atomic E-state index is 12.6. The van der Waals surface area contributed by atoms with Crippen LogP contribution in [0, 0.1) is 13.8 Å². The van der Waals surface area contributed by atoms with Gasteiger partial charge in [0.05, 0.1) is 18.4 Å². The van der Waals surface area contributed by atoms with Crippen molar-refractivity contribution >= 4 is 23.5 Å². The zero-order valence-electron chi connectivity index (χ0n) is 17.0. The molecule has 30 heavy (non-hydrogen) atoms. The molecule has 0 fully saturated rings. The molecule has 0 unspecified atom stereocenters. The smallest absolute Gasteiger partial charge is 0.340 e. The number of nitrogens with one attached hydrogen (secondary N) is 1. The Morgan fingerprint density at radius 2 is 1.87 bits per heavy atom. The van der Waals surface area contributed by atoms with E-state index >= 15 is 0 Å². The van der Waals surface area contributed by atoms with Crippen molar-refractivity contribution in [1.82, 2.24) is 4.57 Å². The second kappa shape index (κ2) is 8.69. The van der Waals surface area contributed by atoms with Crippen molar-refractivity contribution < 1.29 is 23.5 Å². The summed E-state index contributed by atoms with van der Waals surface area (Å²) in [5.74, 6) is -0.855. The minimum absolute atomic E-state index is 0.331. The number of hydrogen-bond acceptors (Lipinski definition) is 5. The molecule has 0 bridgehead atoms. The Kier molecular flexibility index (Phi) is 6.06. The number of benzene rings is 1. The molecule has 3 N–H and O–H groups in total. The monoisotopic (exact) mass is 409 g/mol. The molecule has 1 atom stereocenters. The first-order chi connectivity index (χ1) is 14.3. The molecule has 0 spiro atoms. The normalized spacial score (nSPS) is 11.7. The Hall–Kier alpha value is -3.81. The van der Waals surface area contributed by atoms with E-state index in [1.54, 1.807) is 30.5 Å². The highest BCUT2D eigenvalue weighted by Crippen LogP contribution is 2.19. The zero-order chi connectivity index (χ0) is 21.8. The van der Waals surface area contributed by atoms with Gasteiger partial charge in [0.1, 0.15) is 5.76 Å². The first-order valence-corrected chi connectivity index (χ1v) is 9.37. The molecule has 156 valence electrons. The molecule has 0 aliphatic rings. The number of carbonyl (C=O) groups excluding carboxylic acids is 3. The number of rotatable bonds is 7. The van der Waals surface area contributed by atoms with Crippen molar-refractivity contribution in [2.24, 2.45) is 5.73 Å². The van der Waals surface area contributed by atoms with Gasteiger partial charge in [-0.15, -0.1) is 0 Å². The van der Waals surface area contributed by atoms with Crippen LogP contribution in [0.1, 0.15) is 44.8 Å². The Morgan fingerprint density at radius 3 is 2.47 bits per heavy atom. The third-order valence-electron chi connectivity index (χ3n) is 4.78. The summed E-state index contributed by atoms with van der Waals surface area (Å²) in [6, 6.07) is 11.5. The Bertz CT molecular complexity index is 1070. The van der Waals surface area contributed by atoms with E-state index in [-0.39, 0.29) is 0 Å². The van der Waals surface area contributed by atoms with Gasteiger partial charge in [0.25, 0.3) is 5.91 Å². The summed E-state index contributed by atoms with van der Waals surface area (Å²) >= 11 is 0. The van der Waals surface area contributed by atoms with E-state index in [9.17, 15) is 14.4 Å². The lowest BCUT2D eigenvalue weighted by Crippen LogP contribution is -2.30. The van der Waals surface area contributed by atoms with E-state index in [0.29, 0.717) is 23.4 Å². The number of aryl methyl sites for hydroxylation is 1. The summed E-state index contributed by atoms with van der Waals surface area (Å²) in [5, 5.41) is 2.64. The van der Waals surface area contributed by atoms with Crippen LogP contribution in [0.4, 0.5) is 5.69 Å². The van der Waals surface area contributed by atoms with Crippen LogP contribution in [0.25, 0.3) is 0 Å². The molecular formula is C22H23N3O5. The minimum atomic E-state index is -1.01. The van der Waals surface area contributed by atoms with E-state index in [2.05, 4.69) is 5.32 Å². The number of nitrogens with zero attached hydrogens (tertiary/aromatic N) is 1. The number of amides is 2. The molecule has 0 saturated carbocycles. The van der Waals surface area contributed by atoms with Gasteiger partial charge in [-0.25, -0.2) is 4.79 Å². The predicted octanol–water partition coefficient (Wildman–Crippen LogP) is 3.03. The van der Waals surface area contributed by atoms with Crippen LogP contribution in [0.15, 0.2) is 53.1 Å². The lowest BCUT2D eigenvalue weighted by atomic mass is 10.2. The van der Waals surface area contributed by atoms with E-state index in [0.717, 1.165) is 17.1 Å². The van der Waals surface area contributed by atoms with E-state index in [4.69, 9.17) is 14.9 Å². The van der Waals surface area contributed by atoms with Crippen LogP contribution in [0.3, 0.4) is 0 Å². The fourth-order valence-corrected chi connectivity index (χ4v) is 3.05. The van der Waals surface area contributed by atoms with Crippen molar-refractivity contribution in [2.75, 3.05) is 5.32 Å². The highest BCUT2D eigenvalue weighted by Gasteiger charge is 2.23. The average molecular weight is 409 g/mol. The fourth-order valence-electron chi connectivity index (χ4n) is 3.05. The largest absolute Gasteiger partial charge is 0.467 e. The first-order valence-electron chi connectivity index (χ1n) is 9.37. The van der Waals surface area contributed by atoms with Crippen LogP contribution in [0.5, 0.6) is 0 Å². The van der Waals surface area contributed by atoms with Crippen molar-refractivity contribution in [2.45, 2.75) is 33.4 Å². The van der Waals surface area contributed by atoms with Crippen molar-refractivity contribution in [3.05, 3.63) is 77.0 Å². The van der Waals surface area contributed by atoms with Gasteiger partial charge in [-0.1, -0.05) is 0 Å². The second-order valence-corrected chi connectivity index (χ2v) is 6.93. The molecule has 8 nitrogen and oxygen atoms in total. The summed E-state index contributed by atoms with van der Waals surface area (Å²) in [6.45, 7) is 5.69. The molecular weight excluding hydrogens is 386 g/mol. The number of anilines is 1. The number of furan rings is 1. The highest BCUT2D eigenvalue weighted by molar-refractivity contribution is 5.98. The van der Waals surface area contributed by atoms with Gasteiger partial charge < -0.3 is 24.8 Å². The van der Waals surface area contributed by atoms with Crippen molar-refractivity contribution in [3.63, 3.8) is 0 Å². The van der Waals surface area contributed by atoms with Gasteiger partial charge in [0.15, 0.2) is 6.10 Å². The Labute approximate surface area is 173 Å². The summed E-state index contributed by atoms with van der Waals surface area (Å²) in [5.41, 5.74) is 7.98. The van der Waals surface area contributed by atoms with E-state index in [1.807, 2.05) is 24.5 Å². The second-order valence-electron chi connectivity index (χ2n) is 6.93. The molecule has 0 aliphatic carbocycles. The van der Waals surface area contributed by atoms with Crippen molar-refractivity contribution in [3.8, 4) is 0 Å². The van der Waals surface area contributed by atoms with Gasteiger partial charge in [-0.2, -0.15) is 0 Å². The quantitative estimate of drug-likeness (QED) is 0.582. The number of primary amides is 1. The standard InChI is InChI=1S/C22H23N3O5/c1-13-11-19(14(2)25(13)12-18-5-4-10-29-18)22(28)30-15(3)21(27)24-17-8-6-16(7-9-17)20(23)26/h4-11,15H,12H2,1-3H3,(H2,23,26)(H,24,27)/t15-/m0/s1. The number of hydrogen-bond donors (Lipinski definition) is 2. The summed E-state index contributed by atoms with van der Waals surface area (Å²) < 4.78 is 12.7. The number of nitrogens with two attached hydrogens (primary N) is 1. The van der Waals surface area contributed by atoms with Crippen LogP contribution >= 0.6 is 0 Å². The molecule has 2 amide bonds. The van der Waals surface area contributed by atoms with Gasteiger partial charge in [-0.05, 0) is 63.2 Å². The molecule has 2 heterocycles. The third kappa shape index (κ3) is 4.60. The van der Waals surface area contributed by atoms with E-state index in [1.165, 1.54) is 19.1 Å². The molecule has 0 saturated heterocycles.